The maximum atomic E-state index is 11.7. The average Bonchev–Trinajstić information content (AvgIpc) is 2.78. The van der Waals surface area contributed by atoms with Crippen molar-refractivity contribution in [2.45, 2.75) is 4.90 Å². The SMILES string of the molecule is O=S1N=Cc2c1ccc1cc3ccccc3cc21. The van der Waals surface area contributed by atoms with Gasteiger partial charge >= 0.3 is 0 Å². The molecule has 1 atom stereocenters. The first-order chi connectivity index (χ1) is 8.83. The van der Waals surface area contributed by atoms with E-state index in [0.29, 0.717) is 0 Å². The van der Waals surface area contributed by atoms with Gasteiger partial charge in [0.05, 0.1) is 4.90 Å². The molecule has 1 heterocycles. The van der Waals surface area contributed by atoms with E-state index < -0.39 is 11.0 Å². The van der Waals surface area contributed by atoms with Gasteiger partial charge in [0.25, 0.3) is 0 Å². The summed E-state index contributed by atoms with van der Waals surface area (Å²) in [7, 11) is -1.22. The topological polar surface area (TPSA) is 29.4 Å². The first kappa shape index (κ1) is 9.97. The van der Waals surface area contributed by atoms with E-state index in [1.54, 1.807) is 6.21 Å². The molecule has 0 spiro atoms. The highest BCUT2D eigenvalue weighted by Crippen LogP contribution is 2.30. The van der Waals surface area contributed by atoms with Crippen LogP contribution in [0.25, 0.3) is 21.5 Å². The number of hydrogen-bond donors (Lipinski definition) is 0. The van der Waals surface area contributed by atoms with Crippen molar-refractivity contribution in [3.63, 3.8) is 0 Å². The largest absolute Gasteiger partial charge is 0.229 e. The lowest BCUT2D eigenvalue weighted by atomic mass is 10.0. The van der Waals surface area contributed by atoms with E-state index in [1.165, 1.54) is 10.8 Å². The fourth-order valence-electron chi connectivity index (χ4n) is 2.46. The maximum Gasteiger partial charge on any atom is 0.173 e. The van der Waals surface area contributed by atoms with Gasteiger partial charge in [0.2, 0.25) is 0 Å². The molecule has 1 unspecified atom stereocenters. The van der Waals surface area contributed by atoms with Crippen LogP contribution in [0.5, 0.6) is 0 Å². The minimum Gasteiger partial charge on any atom is -0.229 e. The highest BCUT2D eigenvalue weighted by atomic mass is 32.2. The van der Waals surface area contributed by atoms with Gasteiger partial charge in [-0.05, 0) is 39.7 Å². The quantitative estimate of drug-likeness (QED) is 0.563. The summed E-state index contributed by atoms with van der Waals surface area (Å²) in [5.74, 6) is 0. The minimum absolute atomic E-state index is 0.817. The molecule has 0 N–H and O–H groups in total. The standard InChI is InChI=1S/C15H9NOS/c17-18-15-6-5-12-7-10-3-1-2-4-11(10)8-13(12)14(15)9-16-18/h1-9H. The normalized spacial score (nSPS) is 17.4. The summed E-state index contributed by atoms with van der Waals surface area (Å²) < 4.78 is 15.7. The highest BCUT2D eigenvalue weighted by Gasteiger charge is 2.16. The van der Waals surface area contributed by atoms with Crippen LogP contribution in [-0.4, -0.2) is 10.4 Å². The molecule has 0 saturated carbocycles. The third-order valence-electron chi connectivity index (χ3n) is 3.35. The Morgan fingerprint density at radius 3 is 2.50 bits per heavy atom. The van der Waals surface area contributed by atoms with Gasteiger partial charge in [0.15, 0.2) is 11.0 Å². The van der Waals surface area contributed by atoms with Crippen LogP contribution in [0.4, 0.5) is 0 Å². The molecule has 3 aromatic carbocycles. The third kappa shape index (κ3) is 1.28. The zero-order chi connectivity index (χ0) is 12.1. The second kappa shape index (κ2) is 3.50. The summed E-state index contributed by atoms with van der Waals surface area (Å²) in [5.41, 5.74) is 0.997. The second-order valence-electron chi connectivity index (χ2n) is 4.38. The summed E-state index contributed by atoms with van der Waals surface area (Å²) >= 11 is 0. The van der Waals surface area contributed by atoms with Crippen LogP contribution in [0.2, 0.25) is 0 Å². The molecule has 3 heteroatoms. The number of rotatable bonds is 0. The van der Waals surface area contributed by atoms with Crippen molar-refractivity contribution in [3.8, 4) is 0 Å². The van der Waals surface area contributed by atoms with Gasteiger partial charge in [0.1, 0.15) is 0 Å². The zero-order valence-electron chi connectivity index (χ0n) is 9.46. The zero-order valence-corrected chi connectivity index (χ0v) is 10.3. The van der Waals surface area contributed by atoms with E-state index in [-0.39, 0.29) is 0 Å². The predicted octanol–water partition coefficient (Wildman–Crippen LogP) is 3.45. The molecule has 0 amide bonds. The summed E-state index contributed by atoms with van der Waals surface area (Å²) in [5, 5.41) is 4.71. The second-order valence-corrected chi connectivity index (χ2v) is 5.53. The van der Waals surface area contributed by atoms with E-state index in [0.717, 1.165) is 21.2 Å². The molecule has 86 valence electrons. The van der Waals surface area contributed by atoms with Crippen molar-refractivity contribution < 1.29 is 4.21 Å². The van der Waals surface area contributed by atoms with Crippen LogP contribution in [0.15, 0.2) is 57.8 Å². The van der Waals surface area contributed by atoms with E-state index in [2.05, 4.69) is 28.7 Å². The van der Waals surface area contributed by atoms with Crippen molar-refractivity contribution in [2.75, 3.05) is 0 Å². The Labute approximate surface area is 107 Å². The smallest absolute Gasteiger partial charge is 0.173 e. The van der Waals surface area contributed by atoms with Crippen molar-refractivity contribution in [1.82, 2.24) is 0 Å². The van der Waals surface area contributed by atoms with Crippen LogP contribution in [-0.2, 0) is 11.0 Å². The fraction of sp³-hybridized carbons (Fsp3) is 0. The monoisotopic (exact) mass is 251 g/mol. The number of benzene rings is 3. The van der Waals surface area contributed by atoms with Crippen molar-refractivity contribution in [2.24, 2.45) is 4.40 Å². The summed E-state index contributed by atoms with van der Waals surface area (Å²) in [4.78, 5) is 0.817. The molecule has 2 nitrogen and oxygen atoms in total. The molecular weight excluding hydrogens is 242 g/mol. The van der Waals surface area contributed by atoms with Crippen LogP contribution in [0.1, 0.15) is 5.56 Å². The van der Waals surface area contributed by atoms with E-state index in [9.17, 15) is 4.21 Å². The van der Waals surface area contributed by atoms with Gasteiger partial charge in [-0.15, -0.1) is 0 Å². The molecule has 1 aliphatic heterocycles. The highest BCUT2D eigenvalue weighted by molar-refractivity contribution is 7.84. The van der Waals surface area contributed by atoms with Crippen molar-refractivity contribution in [3.05, 3.63) is 54.1 Å². The molecule has 0 radical (unpaired) electrons. The molecule has 0 aromatic heterocycles. The van der Waals surface area contributed by atoms with Gasteiger partial charge in [-0.2, -0.15) is 4.40 Å². The Kier molecular flexibility index (Phi) is 1.94. The average molecular weight is 251 g/mol. The summed E-state index contributed by atoms with van der Waals surface area (Å²) in [6, 6.07) is 16.5. The van der Waals surface area contributed by atoms with Crippen molar-refractivity contribution in [1.29, 1.82) is 0 Å². The van der Waals surface area contributed by atoms with Crippen LogP contribution in [0.3, 0.4) is 0 Å². The minimum atomic E-state index is -1.22. The lowest BCUT2D eigenvalue weighted by Crippen LogP contribution is -1.88. The van der Waals surface area contributed by atoms with Gasteiger partial charge in [-0.25, -0.2) is 4.21 Å². The van der Waals surface area contributed by atoms with E-state index in [4.69, 9.17) is 0 Å². The molecule has 18 heavy (non-hydrogen) atoms. The molecular formula is C15H9NOS. The van der Waals surface area contributed by atoms with Crippen LogP contribution < -0.4 is 0 Å². The molecule has 3 aromatic rings. The molecule has 1 aliphatic rings. The summed E-state index contributed by atoms with van der Waals surface area (Å²) in [6.45, 7) is 0. The van der Waals surface area contributed by atoms with E-state index >= 15 is 0 Å². The van der Waals surface area contributed by atoms with Gasteiger partial charge < -0.3 is 0 Å². The molecule has 0 saturated heterocycles. The molecule has 0 fully saturated rings. The van der Waals surface area contributed by atoms with Crippen LogP contribution in [0, 0.1) is 0 Å². The summed E-state index contributed by atoms with van der Waals surface area (Å²) in [6.07, 6.45) is 1.72. The number of nitrogens with zero attached hydrogens (tertiary/aromatic N) is 1. The number of hydrogen-bond acceptors (Lipinski definition) is 1. The van der Waals surface area contributed by atoms with Gasteiger partial charge in [-0.1, -0.05) is 30.3 Å². The Morgan fingerprint density at radius 1 is 0.889 bits per heavy atom. The van der Waals surface area contributed by atoms with E-state index in [1.807, 2.05) is 24.3 Å². The van der Waals surface area contributed by atoms with Crippen molar-refractivity contribution >= 4 is 38.7 Å². The molecule has 0 aliphatic carbocycles. The Balaban J connectivity index is 2.20. The lowest BCUT2D eigenvalue weighted by molar-refractivity contribution is 0.685. The molecule has 0 bridgehead atoms. The Hall–Kier alpha value is -2.00. The first-order valence-electron chi connectivity index (χ1n) is 5.74. The van der Waals surface area contributed by atoms with Crippen LogP contribution >= 0.6 is 0 Å². The Bertz CT molecular complexity index is 852. The lowest BCUT2D eigenvalue weighted by Gasteiger charge is -2.05. The molecule has 4 rings (SSSR count). The van der Waals surface area contributed by atoms with Gasteiger partial charge in [0, 0.05) is 11.8 Å². The maximum absolute atomic E-state index is 11.7. The van der Waals surface area contributed by atoms with Gasteiger partial charge in [-0.3, -0.25) is 0 Å². The Morgan fingerprint density at radius 2 is 1.67 bits per heavy atom. The third-order valence-corrected chi connectivity index (χ3v) is 4.38. The fourth-order valence-corrected chi connectivity index (χ4v) is 3.31. The predicted molar refractivity (Wildman–Crippen MR) is 75.5 cm³/mol. The first-order valence-corrected chi connectivity index (χ1v) is 6.85. The number of fused-ring (bicyclic) bond motifs is 4.